The van der Waals surface area contributed by atoms with Crippen LogP contribution in [0.4, 0.5) is 9.93 Å². The maximum Gasteiger partial charge on any atom is 0.409 e. The van der Waals surface area contributed by atoms with Crippen LogP contribution in [-0.4, -0.2) is 90.8 Å². The molecule has 3 aliphatic rings. The molecule has 0 saturated carbocycles. The van der Waals surface area contributed by atoms with Crippen molar-refractivity contribution < 1.29 is 9.53 Å². The first kappa shape index (κ1) is 19.9. The lowest BCUT2D eigenvalue weighted by Gasteiger charge is -2.43. The third-order valence-electron chi connectivity index (χ3n) is 6.13. The lowest BCUT2D eigenvalue weighted by Crippen LogP contribution is -2.55. The Morgan fingerprint density at radius 3 is 2.68 bits per heavy atom. The van der Waals surface area contributed by atoms with E-state index in [0.717, 1.165) is 52.4 Å². The van der Waals surface area contributed by atoms with Crippen LogP contribution in [0.25, 0.3) is 0 Å². The number of likely N-dealkylation sites (tertiary alicyclic amines) is 1. The summed E-state index contributed by atoms with van der Waals surface area (Å²) in [5.41, 5.74) is 0. The molecule has 1 aromatic heterocycles. The molecule has 28 heavy (non-hydrogen) atoms. The molecule has 7 nitrogen and oxygen atoms in total. The highest BCUT2D eigenvalue weighted by molar-refractivity contribution is 7.15. The molecule has 0 N–H and O–H groups in total. The van der Waals surface area contributed by atoms with Gasteiger partial charge in [-0.3, -0.25) is 9.80 Å². The van der Waals surface area contributed by atoms with Crippen molar-refractivity contribution in [2.24, 2.45) is 0 Å². The summed E-state index contributed by atoms with van der Waals surface area (Å²) in [4.78, 5) is 27.4. The van der Waals surface area contributed by atoms with Crippen molar-refractivity contribution in [1.82, 2.24) is 19.7 Å². The van der Waals surface area contributed by atoms with Crippen molar-refractivity contribution in [3.05, 3.63) is 11.1 Å². The maximum atomic E-state index is 11.9. The van der Waals surface area contributed by atoms with Crippen molar-refractivity contribution in [2.75, 3.05) is 63.9 Å². The number of thiazole rings is 1. The van der Waals surface area contributed by atoms with E-state index in [1.807, 2.05) is 23.2 Å². The van der Waals surface area contributed by atoms with Crippen LogP contribution < -0.4 is 4.90 Å². The van der Waals surface area contributed by atoms with Gasteiger partial charge in [-0.25, -0.2) is 9.78 Å². The minimum Gasteiger partial charge on any atom is -0.450 e. The summed E-state index contributed by atoms with van der Waals surface area (Å²) in [6.07, 6.45) is 7.03. The van der Waals surface area contributed by atoms with Gasteiger partial charge in [-0.15, -0.1) is 11.3 Å². The molecule has 1 aromatic rings. The number of piperazine rings is 1. The molecule has 3 aliphatic heterocycles. The molecule has 0 aromatic carbocycles. The Balaban J connectivity index is 1.26. The highest BCUT2D eigenvalue weighted by Crippen LogP contribution is 2.28. The molecule has 3 saturated heterocycles. The lowest BCUT2D eigenvalue weighted by atomic mass is 10.0. The summed E-state index contributed by atoms with van der Waals surface area (Å²) in [7, 11) is 0. The highest BCUT2D eigenvalue weighted by Gasteiger charge is 2.30. The zero-order valence-corrected chi connectivity index (χ0v) is 17.8. The van der Waals surface area contributed by atoms with Crippen molar-refractivity contribution in [3.63, 3.8) is 0 Å². The van der Waals surface area contributed by atoms with Crippen molar-refractivity contribution >= 4 is 22.6 Å². The number of hydrogen-bond acceptors (Lipinski definition) is 7. The van der Waals surface area contributed by atoms with E-state index in [1.54, 1.807) is 0 Å². The van der Waals surface area contributed by atoms with Crippen LogP contribution in [0.5, 0.6) is 0 Å². The topological polar surface area (TPSA) is 52.2 Å². The summed E-state index contributed by atoms with van der Waals surface area (Å²) in [6, 6.07) is 0.601. The zero-order valence-electron chi connectivity index (χ0n) is 17.0. The molecular weight excluding hydrogens is 374 g/mol. The van der Waals surface area contributed by atoms with Gasteiger partial charge in [0.05, 0.1) is 6.61 Å². The number of nitrogens with zero attached hydrogens (tertiary/aromatic N) is 5. The molecule has 156 valence electrons. The van der Waals surface area contributed by atoms with E-state index in [4.69, 9.17) is 4.74 Å². The number of rotatable bonds is 5. The number of amides is 1. The quantitative estimate of drug-likeness (QED) is 0.748. The monoisotopic (exact) mass is 407 g/mol. The average Bonchev–Trinajstić information content (AvgIpc) is 3.40. The van der Waals surface area contributed by atoms with E-state index < -0.39 is 0 Å². The van der Waals surface area contributed by atoms with Gasteiger partial charge in [0.15, 0.2) is 5.13 Å². The Hall–Kier alpha value is -1.38. The Morgan fingerprint density at radius 1 is 1.14 bits per heavy atom. The number of carbonyl (C=O) groups excluding carboxylic acids is 1. The molecule has 4 rings (SSSR count). The molecule has 0 spiro atoms. The van der Waals surface area contributed by atoms with E-state index >= 15 is 0 Å². The number of carbonyl (C=O) groups is 1. The smallest absolute Gasteiger partial charge is 0.409 e. The average molecular weight is 408 g/mol. The first-order valence-corrected chi connectivity index (χ1v) is 11.6. The van der Waals surface area contributed by atoms with Gasteiger partial charge in [0.1, 0.15) is 0 Å². The summed E-state index contributed by atoms with van der Waals surface area (Å²) < 4.78 is 5.14. The number of ether oxygens (including phenoxy) is 1. The normalized spacial score (nSPS) is 24.7. The number of aromatic nitrogens is 1. The predicted octanol–water partition coefficient (Wildman–Crippen LogP) is 2.48. The van der Waals surface area contributed by atoms with Crippen LogP contribution in [0, 0.1) is 0 Å². The zero-order chi connectivity index (χ0) is 19.3. The molecule has 0 radical (unpaired) electrons. The fourth-order valence-corrected chi connectivity index (χ4v) is 5.61. The van der Waals surface area contributed by atoms with Crippen LogP contribution in [0.1, 0.15) is 37.5 Å². The van der Waals surface area contributed by atoms with Crippen molar-refractivity contribution in [3.8, 4) is 0 Å². The van der Waals surface area contributed by atoms with E-state index in [9.17, 15) is 4.79 Å². The molecule has 0 bridgehead atoms. The van der Waals surface area contributed by atoms with Gasteiger partial charge >= 0.3 is 6.09 Å². The lowest BCUT2D eigenvalue weighted by molar-refractivity contribution is 0.0414. The minimum absolute atomic E-state index is 0.161. The number of hydrogen-bond donors (Lipinski definition) is 0. The van der Waals surface area contributed by atoms with Gasteiger partial charge in [-0.05, 0) is 39.2 Å². The summed E-state index contributed by atoms with van der Waals surface area (Å²) in [5, 5.41) is 1.20. The molecule has 3 fully saturated rings. The standard InChI is InChI=1S/C20H33N5O2S/c1-2-27-20(26)25-12-10-23(11-13-25)17-6-5-7-22(15-17)16-18-14-21-19(28-18)24-8-3-4-9-24/h14,17H,2-13,15-16H2,1H3/t17-/m0/s1. The SMILES string of the molecule is CCOC(=O)N1CCN([C@H]2CCCN(Cc3cnc(N4CCCC4)s3)C2)CC1. The fourth-order valence-electron chi connectivity index (χ4n) is 4.60. The molecule has 1 atom stereocenters. The molecule has 8 heteroatoms. The van der Waals surface area contributed by atoms with Crippen molar-refractivity contribution in [1.29, 1.82) is 0 Å². The van der Waals surface area contributed by atoms with Crippen LogP contribution in [0.3, 0.4) is 0 Å². The summed E-state index contributed by atoms with van der Waals surface area (Å²) in [5.74, 6) is 0. The molecule has 0 unspecified atom stereocenters. The Bertz CT molecular complexity index is 640. The van der Waals surface area contributed by atoms with E-state index in [-0.39, 0.29) is 6.09 Å². The van der Waals surface area contributed by atoms with Crippen LogP contribution in [0.15, 0.2) is 6.20 Å². The first-order valence-electron chi connectivity index (χ1n) is 10.8. The Labute approximate surface area is 172 Å². The number of piperidine rings is 1. The summed E-state index contributed by atoms with van der Waals surface area (Å²) >= 11 is 1.87. The van der Waals surface area contributed by atoms with Gasteiger partial charge in [-0.1, -0.05) is 0 Å². The van der Waals surface area contributed by atoms with Gasteiger partial charge in [-0.2, -0.15) is 0 Å². The Morgan fingerprint density at radius 2 is 1.93 bits per heavy atom. The van der Waals surface area contributed by atoms with Crippen LogP contribution >= 0.6 is 11.3 Å². The van der Waals surface area contributed by atoms with E-state index in [1.165, 1.54) is 42.2 Å². The van der Waals surface area contributed by atoms with Gasteiger partial charge in [0, 0.05) is 69.5 Å². The molecule has 0 aliphatic carbocycles. The van der Waals surface area contributed by atoms with Crippen LogP contribution in [-0.2, 0) is 11.3 Å². The highest BCUT2D eigenvalue weighted by atomic mass is 32.1. The predicted molar refractivity (Wildman–Crippen MR) is 112 cm³/mol. The van der Waals surface area contributed by atoms with E-state index in [0.29, 0.717) is 12.6 Å². The Kier molecular flexibility index (Phi) is 6.69. The maximum absolute atomic E-state index is 11.9. The molecular formula is C20H33N5O2S. The second-order valence-corrected chi connectivity index (χ2v) is 9.15. The van der Waals surface area contributed by atoms with Gasteiger partial charge in [0.25, 0.3) is 0 Å². The second-order valence-electron chi connectivity index (χ2n) is 8.06. The van der Waals surface area contributed by atoms with Crippen molar-refractivity contribution in [2.45, 2.75) is 45.2 Å². The number of anilines is 1. The van der Waals surface area contributed by atoms with Gasteiger partial charge in [0.2, 0.25) is 0 Å². The van der Waals surface area contributed by atoms with Crippen LogP contribution in [0.2, 0.25) is 0 Å². The first-order chi connectivity index (χ1) is 13.7. The van der Waals surface area contributed by atoms with E-state index in [2.05, 4.69) is 25.9 Å². The molecule has 1 amide bonds. The fraction of sp³-hybridized carbons (Fsp3) is 0.800. The van der Waals surface area contributed by atoms with Gasteiger partial charge < -0.3 is 14.5 Å². The largest absolute Gasteiger partial charge is 0.450 e. The third kappa shape index (κ3) is 4.78. The minimum atomic E-state index is -0.161. The third-order valence-corrected chi connectivity index (χ3v) is 7.18. The second kappa shape index (κ2) is 9.41. The molecule has 4 heterocycles. The summed E-state index contributed by atoms with van der Waals surface area (Å²) in [6.45, 7) is 11.4.